The number of carbonyl (C=O) groups excluding carboxylic acids is 3. The van der Waals surface area contributed by atoms with Crippen LogP contribution in [0.2, 0.25) is 0 Å². The first-order valence-corrected chi connectivity index (χ1v) is 6.27. The van der Waals surface area contributed by atoms with Crippen molar-refractivity contribution in [2.45, 2.75) is 58.7 Å². The molecule has 0 spiro atoms. The van der Waals surface area contributed by atoms with Gasteiger partial charge in [0, 0.05) is 0 Å². The van der Waals surface area contributed by atoms with Gasteiger partial charge < -0.3 is 16.0 Å². The van der Waals surface area contributed by atoms with Gasteiger partial charge in [0.25, 0.3) is 0 Å². The van der Waals surface area contributed by atoms with Crippen LogP contribution in [0.15, 0.2) is 0 Å². The highest BCUT2D eigenvalue weighted by molar-refractivity contribution is 5.96. The van der Waals surface area contributed by atoms with Crippen LogP contribution < -0.4 is 16.0 Å². The van der Waals surface area contributed by atoms with Crippen LogP contribution in [-0.4, -0.2) is 41.8 Å². The summed E-state index contributed by atoms with van der Waals surface area (Å²) in [5.41, 5.74) is -1.86. The molecule has 0 fully saturated rings. The van der Waals surface area contributed by atoms with Crippen LogP contribution in [0.1, 0.15) is 41.5 Å². The van der Waals surface area contributed by atoms with E-state index in [1.165, 1.54) is 6.92 Å². The third-order valence-electron chi connectivity index (χ3n) is 3.14. The van der Waals surface area contributed by atoms with Crippen LogP contribution in [0, 0.1) is 0 Å². The van der Waals surface area contributed by atoms with Gasteiger partial charge in [0.2, 0.25) is 11.8 Å². The van der Waals surface area contributed by atoms with Crippen molar-refractivity contribution in [1.29, 1.82) is 0 Å². The quantitative estimate of drug-likeness (QED) is 0.633. The summed E-state index contributed by atoms with van der Waals surface area (Å²) in [4.78, 5) is 35.2. The molecule has 0 aromatic carbocycles. The lowest BCUT2D eigenvalue weighted by Gasteiger charge is -2.31. The predicted molar refractivity (Wildman–Crippen MR) is 73.6 cm³/mol. The molecule has 0 saturated heterocycles. The Morgan fingerprint density at radius 2 is 1.42 bits per heavy atom. The van der Waals surface area contributed by atoms with Crippen LogP contribution in [0.3, 0.4) is 0 Å². The van der Waals surface area contributed by atoms with Gasteiger partial charge in [0.1, 0.15) is 5.54 Å². The number of amides is 2. The number of likely N-dealkylation sites (N-methyl/N-ethyl adjacent to an activating group) is 1. The van der Waals surface area contributed by atoms with E-state index in [4.69, 9.17) is 0 Å². The normalized spacial score (nSPS) is 13.6. The summed E-state index contributed by atoms with van der Waals surface area (Å²) >= 11 is 0. The van der Waals surface area contributed by atoms with Crippen LogP contribution in [0.4, 0.5) is 0 Å². The fourth-order valence-electron chi connectivity index (χ4n) is 1.09. The zero-order chi connectivity index (χ0) is 15.4. The summed E-state index contributed by atoms with van der Waals surface area (Å²) < 4.78 is 0. The highest BCUT2D eigenvalue weighted by Gasteiger charge is 2.35. The first-order valence-electron chi connectivity index (χ1n) is 6.27. The lowest BCUT2D eigenvalue weighted by molar-refractivity contribution is -0.136. The van der Waals surface area contributed by atoms with Gasteiger partial charge in [-0.1, -0.05) is 0 Å². The molecule has 110 valence electrons. The van der Waals surface area contributed by atoms with Gasteiger partial charge >= 0.3 is 0 Å². The van der Waals surface area contributed by atoms with E-state index in [1.54, 1.807) is 41.7 Å². The number of ketones is 1. The van der Waals surface area contributed by atoms with Crippen molar-refractivity contribution in [2.24, 2.45) is 0 Å². The van der Waals surface area contributed by atoms with Gasteiger partial charge in [-0.15, -0.1) is 0 Å². The Hall–Kier alpha value is -1.43. The molecule has 0 bridgehead atoms. The molecule has 0 aliphatic rings. The van der Waals surface area contributed by atoms with E-state index in [-0.39, 0.29) is 11.7 Å². The van der Waals surface area contributed by atoms with Gasteiger partial charge in [-0.3, -0.25) is 14.4 Å². The standard InChI is InChI=1S/C13H25N3O3/c1-8(9(2)17)15-10(18)13(5,6)16-11(19)12(3,4)14-7/h8,14H,1-7H3,(H,15,18)(H,16,19)/t8-/m0/s1. The fraction of sp³-hybridized carbons (Fsp3) is 0.769. The molecule has 0 unspecified atom stereocenters. The average Bonchev–Trinajstić information content (AvgIpc) is 2.27. The van der Waals surface area contributed by atoms with E-state index in [9.17, 15) is 14.4 Å². The molecular weight excluding hydrogens is 246 g/mol. The van der Waals surface area contributed by atoms with Crippen LogP contribution >= 0.6 is 0 Å². The molecule has 0 saturated carbocycles. The Bertz CT molecular complexity index is 375. The van der Waals surface area contributed by atoms with Crippen molar-refractivity contribution in [3.05, 3.63) is 0 Å². The number of hydrogen-bond acceptors (Lipinski definition) is 4. The highest BCUT2D eigenvalue weighted by atomic mass is 16.2. The predicted octanol–water partition coefficient (Wildman–Crippen LogP) is -0.0271. The maximum absolute atomic E-state index is 12.0. The van der Waals surface area contributed by atoms with E-state index in [0.717, 1.165) is 0 Å². The topological polar surface area (TPSA) is 87.3 Å². The van der Waals surface area contributed by atoms with Crippen molar-refractivity contribution in [2.75, 3.05) is 7.05 Å². The van der Waals surface area contributed by atoms with Crippen molar-refractivity contribution >= 4 is 17.6 Å². The summed E-state index contributed by atoms with van der Waals surface area (Å²) in [6, 6.07) is -0.569. The number of carbonyl (C=O) groups is 3. The molecule has 6 nitrogen and oxygen atoms in total. The lowest BCUT2D eigenvalue weighted by atomic mass is 9.98. The van der Waals surface area contributed by atoms with Crippen molar-refractivity contribution in [1.82, 2.24) is 16.0 Å². The molecule has 0 radical (unpaired) electrons. The number of rotatable bonds is 6. The maximum Gasteiger partial charge on any atom is 0.245 e. The molecule has 0 aliphatic carbocycles. The summed E-state index contributed by atoms with van der Waals surface area (Å²) in [6.45, 7) is 9.64. The Morgan fingerprint density at radius 3 is 1.79 bits per heavy atom. The zero-order valence-corrected chi connectivity index (χ0v) is 12.8. The molecule has 0 aromatic rings. The average molecular weight is 271 g/mol. The summed E-state index contributed by atoms with van der Waals surface area (Å²) in [7, 11) is 1.67. The second kappa shape index (κ2) is 6.14. The van der Waals surface area contributed by atoms with Gasteiger partial charge in [0.05, 0.1) is 11.6 Å². The van der Waals surface area contributed by atoms with Crippen LogP contribution in [0.25, 0.3) is 0 Å². The molecule has 1 atom stereocenters. The third kappa shape index (κ3) is 4.98. The Labute approximate surface area is 114 Å². The Kier molecular flexibility index (Phi) is 5.68. The smallest absolute Gasteiger partial charge is 0.245 e. The highest BCUT2D eigenvalue weighted by Crippen LogP contribution is 2.08. The summed E-state index contributed by atoms with van der Waals surface area (Å²) in [5.74, 6) is -0.813. The van der Waals surface area contributed by atoms with Gasteiger partial charge in [-0.2, -0.15) is 0 Å². The summed E-state index contributed by atoms with van der Waals surface area (Å²) in [5, 5.41) is 8.10. The molecule has 0 aliphatic heterocycles. The van der Waals surface area contributed by atoms with E-state index >= 15 is 0 Å². The Balaban J connectivity index is 4.76. The van der Waals surface area contributed by atoms with E-state index < -0.39 is 23.0 Å². The minimum Gasteiger partial charge on any atom is -0.345 e. The SMILES string of the molecule is CNC(C)(C)C(=O)NC(C)(C)C(=O)N[C@@H](C)C(C)=O. The minimum absolute atomic E-state index is 0.133. The largest absolute Gasteiger partial charge is 0.345 e. The maximum atomic E-state index is 12.0. The monoisotopic (exact) mass is 271 g/mol. The number of nitrogens with one attached hydrogen (secondary N) is 3. The van der Waals surface area contributed by atoms with E-state index in [1.807, 2.05) is 0 Å². The van der Waals surface area contributed by atoms with Crippen LogP contribution in [0.5, 0.6) is 0 Å². The number of hydrogen-bond donors (Lipinski definition) is 3. The fourth-order valence-corrected chi connectivity index (χ4v) is 1.09. The molecule has 0 aromatic heterocycles. The second-order valence-corrected chi connectivity index (χ2v) is 5.76. The molecule has 3 N–H and O–H groups in total. The molecule has 6 heteroatoms. The molecule has 2 amide bonds. The minimum atomic E-state index is -1.09. The van der Waals surface area contributed by atoms with Gasteiger partial charge in [0.15, 0.2) is 5.78 Å². The molecule has 0 rings (SSSR count). The van der Waals surface area contributed by atoms with Crippen molar-refractivity contribution in [3.63, 3.8) is 0 Å². The second-order valence-electron chi connectivity index (χ2n) is 5.76. The van der Waals surface area contributed by atoms with Gasteiger partial charge in [-0.05, 0) is 48.6 Å². The van der Waals surface area contributed by atoms with Crippen molar-refractivity contribution in [3.8, 4) is 0 Å². The molecule has 0 heterocycles. The first-order chi connectivity index (χ1) is 8.44. The van der Waals surface area contributed by atoms with Crippen molar-refractivity contribution < 1.29 is 14.4 Å². The van der Waals surface area contributed by atoms with E-state index in [0.29, 0.717) is 0 Å². The number of Topliss-reactive ketones (excluding diaryl/α,β-unsaturated/α-hetero) is 1. The molecular formula is C13H25N3O3. The zero-order valence-electron chi connectivity index (χ0n) is 12.8. The van der Waals surface area contributed by atoms with Gasteiger partial charge in [-0.25, -0.2) is 0 Å². The lowest BCUT2D eigenvalue weighted by Crippen LogP contribution is -2.62. The Morgan fingerprint density at radius 1 is 0.947 bits per heavy atom. The van der Waals surface area contributed by atoms with E-state index in [2.05, 4.69) is 16.0 Å². The summed E-state index contributed by atoms with van der Waals surface area (Å²) in [6.07, 6.45) is 0. The third-order valence-corrected chi connectivity index (χ3v) is 3.14. The van der Waals surface area contributed by atoms with Crippen LogP contribution in [-0.2, 0) is 14.4 Å². The molecule has 19 heavy (non-hydrogen) atoms. The first kappa shape index (κ1) is 17.6.